The second-order valence-electron chi connectivity index (χ2n) is 3.53. The van der Waals surface area contributed by atoms with Crippen LogP contribution in [-0.2, 0) is 4.79 Å². The SMILES string of the molecule is CC1=CC=C(C)C(=CN(C)C)C1=O.Cl. The molecule has 2 nitrogen and oxygen atoms in total. The molecule has 0 fully saturated rings. The summed E-state index contributed by atoms with van der Waals surface area (Å²) in [4.78, 5) is 13.6. The fourth-order valence-electron chi connectivity index (χ4n) is 1.23. The highest BCUT2D eigenvalue weighted by molar-refractivity contribution is 6.12. The second-order valence-corrected chi connectivity index (χ2v) is 3.53. The van der Waals surface area contributed by atoms with Crippen LogP contribution < -0.4 is 0 Å². The second kappa shape index (κ2) is 5.01. The topological polar surface area (TPSA) is 20.3 Å². The number of nitrogens with zero attached hydrogens (tertiary/aromatic N) is 1. The van der Waals surface area contributed by atoms with Crippen LogP contribution in [0.1, 0.15) is 13.8 Å². The molecule has 1 aliphatic rings. The van der Waals surface area contributed by atoms with Gasteiger partial charge in [-0.15, -0.1) is 12.4 Å². The van der Waals surface area contributed by atoms with Gasteiger partial charge in [0.05, 0.1) is 0 Å². The van der Waals surface area contributed by atoms with Crippen molar-refractivity contribution < 1.29 is 4.79 Å². The number of rotatable bonds is 1. The predicted molar refractivity (Wildman–Crippen MR) is 61.5 cm³/mol. The van der Waals surface area contributed by atoms with E-state index in [1.54, 1.807) is 0 Å². The maximum atomic E-state index is 11.7. The third-order valence-electron chi connectivity index (χ3n) is 2.00. The number of hydrogen-bond acceptors (Lipinski definition) is 2. The predicted octanol–water partition coefficient (Wildman–Crippen LogP) is 2.33. The Kier molecular flexibility index (Phi) is 4.64. The molecule has 0 heterocycles. The number of hydrogen-bond donors (Lipinski definition) is 0. The van der Waals surface area contributed by atoms with Crippen molar-refractivity contribution in [2.45, 2.75) is 13.8 Å². The summed E-state index contributed by atoms with van der Waals surface area (Å²) in [6.45, 7) is 3.80. The molecule has 0 saturated carbocycles. The van der Waals surface area contributed by atoms with Gasteiger partial charge in [0.2, 0.25) is 0 Å². The fraction of sp³-hybridized carbons (Fsp3) is 0.364. The number of allylic oxidation sites excluding steroid dienone is 5. The maximum absolute atomic E-state index is 11.7. The average molecular weight is 214 g/mol. The Morgan fingerprint density at radius 2 is 1.64 bits per heavy atom. The molecule has 0 aromatic carbocycles. The van der Waals surface area contributed by atoms with Gasteiger partial charge < -0.3 is 4.90 Å². The van der Waals surface area contributed by atoms with E-state index < -0.39 is 0 Å². The molecule has 0 amide bonds. The lowest BCUT2D eigenvalue weighted by Gasteiger charge is -2.14. The summed E-state index contributed by atoms with van der Waals surface area (Å²) in [5.74, 6) is 0.133. The van der Waals surface area contributed by atoms with E-state index in [1.807, 2.05) is 51.2 Å². The van der Waals surface area contributed by atoms with Crippen molar-refractivity contribution >= 4 is 18.2 Å². The van der Waals surface area contributed by atoms with Crippen LogP contribution >= 0.6 is 12.4 Å². The molecule has 0 N–H and O–H groups in total. The van der Waals surface area contributed by atoms with Crippen molar-refractivity contribution in [1.82, 2.24) is 4.90 Å². The van der Waals surface area contributed by atoms with E-state index in [4.69, 9.17) is 0 Å². The standard InChI is InChI=1S/C11H15NO.ClH/c1-8-5-6-9(2)11(13)10(8)7-12(3)4;/h5-7H,1-4H3;1H. The molecule has 3 heteroatoms. The van der Waals surface area contributed by atoms with Crippen LogP contribution in [0.2, 0.25) is 0 Å². The maximum Gasteiger partial charge on any atom is 0.190 e. The van der Waals surface area contributed by atoms with Crippen LogP contribution in [0.15, 0.2) is 35.1 Å². The molecule has 0 unspecified atom stereocenters. The lowest BCUT2D eigenvalue weighted by Crippen LogP contribution is -2.13. The Labute approximate surface area is 91.4 Å². The first-order chi connectivity index (χ1) is 6.02. The van der Waals surface area contributed by atoms with Crippen LogP contribution in [0.3, 0.4) is 0 Å². The summed E-state index contributed by atoms with van der Waals surface area (Å²) in [6, 6.07) is 0. The van der Waals surface area contributed by atoms with E-state index in [9.17, 15) is 4.79 Å². The highest BCUT2D eigenvalue weighted by atomic mass is 35.5. The normalized spacial score (nSPS) is 18.6. The van der Waals surface area contributed by atoms with Crippen molar-refractivity contribution in [2.24, 2.45) is 0 Å². The summed E-state index contributed by atoms with van der Waals surface area (Å²) < 4.78 is 0. The van der Waals surface area contributed by atoms with E-state index >= 15 is 0 Å². The fourth-order valence-corrected chi connectivity index (χ4v) is 1.23. The van der Waals surface area contributed by atoms with Gasteiger partial charge in [-0.1, -0.05) is 12.2 Å². The molecule has 14 heavy (non-hydrogen) atoms. The van der Waals surface area contributed by atoms with Gasteiger partial charge >= 0.3 is 0 Å². The Morgan fingerprint density at radius 3 is 2.14 bits per heavy atom. The van der Waals surface area contributed by atoms with Crippen molar-refractivity contribution in [3.05, 3.63) is 35.1 Å². The summed E-state index contributed by atoms with van der Waals surface area (Å²) in [7, 11) is 3.84. The number of carbonyl (C=O) groups excluding carboxylic acids is 1. The first kappa shape index (κ1) is 13.0. The first-order valence-corrected chi connectivity index (χ1v) is 4.31. The number of ketones is 1. The first-order valence-electron chi connectivity index (χ1n) is 4.31. The highest BCUT2D eigenvalue weighted by Gasteiger charge is 2.16. The van der Waals surface area contributed by atoms with Gasteiger partial charge in [0.1, 0.15) is 0 Å². The van der Waals surface area contributed by atoms with Gasteiger partial charge in [-0.25, -0.2) is 0 Å². The molecule has 1 aliphatic carbocycles. The zero-order valence-electron chi connectivity index (χ0n) is 9.00. The van der Waals surface area contributed by atoms with Crippen LogP contribution in [0, 0.1) is 0 Å². The van der Waals surface area contributed by atoms with E-state index in [1.165, 1.54) is 0 Å². The van der Waals surface area contributed by atoms with Gasteiger partial charge in [0.15, 0.2) is 5.78 Å². The summed E-state index contributed by atoms with van der Waals surface area (Å²) in [6.07, 6.45) is 5.71. The molecule has 1 rings (SSSR count). The molecule has 0 bridgehead atoms. The molecular weight excluding hydrogens is 198 g/mol. The Balaban J connectivity index is 0.00000169. The summed E-state index contributed by atoms with van der Waals surface area (Å²) in [5.41, 5.74) is 2.63. The molecule has 0 aliphatic heterocycles. The minimum absolute atomic E-state index is 0. The minimum Gasteiger partial charge on any atom is -0.383 e. The van der Waals surface area contributed by atoms with Crippen LogP contribution in [0.25, 0.3) is 0 Å². The zero-order valence-corrected chi connectivity index (χ0v) is 9.81. The molecule has 0 radical (unpaired) electrons. The van der Waals surface area contributed by atoms with Gasteiger partial charge in [-0.2, -0.15) is 0 Å². The molecule has 0 saturated heterocycles. The lowest BCUT2D eigenvalue weighted by atomic mass is 9.94. The van der Waals surface area contributed by atoms with E-state index in [2.05, 4.69) is 0 Å². The van der Waals surface area contributed by atoms with E-state index in [0.717, 1.165) is 16.7 Å². The van der Waals surface area contributed by atoms with Crippen LogP contribution in [0.4, 0.5) is 0 Å². The van der Waals surface area contributed by atoms with Crippen molar-refractivity contribution in [3.8, 4) is 0 Å². The molecule has 0 atom stereocenters. The van der Waals surface area contributed by atoms with Crippen LogP contribution in [-0.4, -0.2) is 24.8 Å². The quantitative estimate of drug-likeness (QED) is 0.624. The zero-order chi connectivity index (χ0) is 10.0. The third-order valence-corrected chi connectivity index (χ3v) is 2.00. The third kappa shape index (κ3) is 2.74. The van der Waals surface area contributed by atoms with E-state index in [-0.39, 0.29) is 18.2 Å². The molecule has 78 valence electrons. The van der Waals surface area contributed by atoms with Gasteiger partial charge in [0, 0.05) is 25.9 Å². The van der Waals surface area contributed by atoms with Gasteiger partial charge in [0.25, 0.3) is 0 Å². The van der Waals surface area contributed by atoms with E-state index in [0.29, 0.717) is 0 Å². The van der Waals surface area contributed by atoms with Gasteiger partial charge in [-0.3, -0.25) is 4.79 Å². The molecular formula is C11H16ClNO. The molecule has 0 aromatic heterocycles. The molecule has 0 spiro atoms. The average Bonchev–Trinajstić information content (AvgIpc) is 2.05. The number of carbonyl (C=O) groups is 1. The van der Waals surface area contributed by atoms with Crippen LogP contribution in [0.5, 0.6) is 0 Å². The van der Waals surface area contributed by atoms with Crippen molar-refractivity contribution in [2.75, 3.05) is 14.1 Å². The van der Waals surface area contributed by atoms with Crippen molar-refractivity contribution in [3.63, 3.8) is 0 Å². The monoisotopic (exact) mass is 213 g/mol. The molecule has 0 aromatic rings. The number of Topliss-reactive ketones (excluding diaryl/α,β-unsaturated/α-hetero) is 1. The largest absolute Gasteiger partial charge is 0.383 e. The Hall–Kier alpha value is -1.02. The van der Waals surface area contributed by atoms with Gasteiger partial charge in [-0.05, 0) is 25.0 Å². The lowest BCUT2D eigenvalue weighted by molar-refractivity contribution is -0.112. The minimum atomic E-state index is 0. The van der Waals surface area contributed by atoms with Crippen molar-refractivity contribution in [1.29, 1.82) is 0 Å². The summed E-state index contributed by atoms with van der Waals surface area (Å²) >= 11 is 0. The Morgan fingerprint density at radius 1 is 1.14 bits per heavy atom. The highest BCUT2D eigenvalue weighted by Crippen LogP contribution is 2.20. The summed E-state index contributed by atoms with van der Waals surface area (Å²) in [5, 5.41) is 0. The Bertz CT molecular complexity index is 320. The number of halogens is 1. The smallest absolute Gasteiger partial charge is 0.190 e.